The maximum Gasteiger partial charge on any atom is 0.305 e. The molecule has 4 bridgehead atoms. The van der Waals surface area contributed by atoms with E-state index in [0.717, 1.165) is 17.4 Å². The predicted octanol–water partition coefficient (Wildman–Crippen LogP) is 2.55. The van der Waals surface area contributed by atoms with Gasteiger partial charge >= 0.3 is 10.2 Å². The van der Waals surface area contributed by atoms with Gasteiger partial charge in [0.25, 0.3) is 0 Å². The van der Waals surface area contributed by atoms with Gasteiger partial charge in [-0.3, -0.25) is 9.10 Å². The van der Waals surface area contributed by atoms with Crippen LogP contribution in [0.5, 0.6) is 0 Å². The van der Waals surface area contributed by atoms with E-state index in [0.29, 0.717) is 17.5 Å². The summed E-state index contributed by atoms with van der Waals surface area (Å²) in [6.07, 6.45) is 6.26. The van der Waals surface area contributed by atoms with E-state index in [1.807, 2.05) is 18.2 Å². The van der Waals surface area contributed by atoms with Crippen LogP contribution >= 0.6 is 0 Å². The minimum Gasteiger partial charge on any atom is -0.352 e. The van der Waals surface area contributed by atoms with E-state index in [2.05, 4.69) is 11.9 Å². The smallest absolute Gasteiger partial charge is 0.305 e. The Morgan fingerprint density at radius 2 is 1.62 bits per heavy atom. The minimum atomic E-state index is -3.76. The molecular weight excluding hydrogens is 386 g/mol. The highest BCUT2D eigenvalue weighted by Gasteiger charge is 2.49. The van der Waals surface area contributed by atoms with Gasteiger partial charge in [-0.05, 0) is 73.5 Å². The molecule has 1 heterocycles. The Bertz CT molecular complexity index is 886. The lowest BCUT2D eigenvalue weighted by atomic mass is 9.54. The van der Waals surface area contributed by atoms with Crippen molar-refractivity contribution in [2.24, 2.45) is 23.7 Å². The van der Waals surface area contributed by atoms with Crippen LogP contribution in [0, 0.1) is 23.7 Å². The Balaban J connectivity index is 1.29. The van der Waals surface area contributed by atoms with Crippen LogP contribution in [-0.4, -0.2) is 44.3 Å². The van der Waals surface area contributed by atoms with Gasteiger partial charge in [-0.1, -0.05) is 24.8 Å². The van der Waals surface area contributed by atoms with Gasteiger partial charge in [0.15, 0.2) is 0 Å². The van der Waals surface area contributed by atoms with Crippen LogP contribution in [0.15, 0.2) is 42.5 Å². The summed E-state index contributed by atoms with van der Waals surface area (Å²) in [4.78, 5) is 12.9. The first-order valence-electron chi connectivity index (χ1n) is 10.7. The highest BCUT2D eigenvalue weighted by Crippen LogP contribution is 2.53. The largest absolute Gasteiger partial charge is 0.352 e. The van der Waals surface area contributed by atoms with E-state index in [1.54, 1.807) is 12.1 Å². The standard InChI is InChI=1S/C22H29N3O3S/c1-15-12-24(29(27,28)25(13-15)20-5-3-2-4-6-20)14-21(26)23-22-18-8-16-7-17(10-18)11-19(22)9-16/h2-6,16-19,22H,1,7-14H2,(H,23,26). The van der Waals surface area contributed by atoms with Crippen LogP contribution in [0.25, 0.3) is 0 Å². The molecule has 6 nitrogen and oxygen atoms in total. The van der Waals surface area contributed by atoms with Gasteiger partial charge in [-0.2, -0.15) is 12.7 Å². The first kappa shape index (κ1) is 19.1. The van der Waals surface area contributed by atoms with Gasteiger partial charge in [0.05, 0.1) is 18.8 Å². The summed E-state index contributed by atoms with van der Waals surface area (Å²) in [7, 11) is -3.76. The van der Waals surface area contributed by atoms with Crippen LogP contribution < -0.4 is 9.62 Å². The molecule has 1 saturated heterocycles. The van der Waals surface area contributed by atoms with Crippen LogP contribution in [0.3, 0.4) is 0 Å². The molecule has 1 aromatic rings. The van der Waals surface area contributed by atoms with Gasteiger partial charge in [0.1, 0.15) is 0 Å². The molecule has 1 aromatic carbocycles. The van der Waals surface area contributed by atoms with Gasteiger partial charge < -0.3 is 5.32 Å². The van der Waals surface area contributed by atoms with Crippen molar-refractivity contribution >= 4 is 21.8 Å². The predicted molar refractivity (Wildman–Crippen MR) is 112 cm³/mol. The Morgan fingerprint density at radius 3 is 2.24 bits per heavy atom. The fraction of sp³-hybridized carbons (Fsp3) is 0.591. The van der Waals surface area contributed by atoms with Crippen molar-refractivity contribution in [3.63, 3.8) is 0 Å². The molecule has 0 spiro atoms. The number of rotatable bonds is 4. The van der Waals surface area contributed by atoms with E-state index in [4.69, 9.17) is 0 Å². The molecule has 0 unspecified atom stereocenters. The third kappa shape index (κ3) is 3.48. The maximum atomic E-state index is 13.2. The van der Waals surface area contributed by atoms with Crippen molar-refractivity contribution in [1.82, 2.24) is 9.62 Å². The number of hydrogen-bond donors (Lipinski definition) is 1. The number of carbonyl (C=O) groups is 1. The highest BCUT2D eigenvalue weighted by atomic mass is 32.2. The number of para-hydroxylation sites is 1. The first-order chi connectivity index (χ1) is 13.9. The van der Waals surface area contributed by atoms with Crippen LogP contribution in [0.4, 0.5) is 5.69 Å². The first-order valence-corrected chi connectivity index (χ1v) is 12.1. The van der Waals surface area contributed by atoms with Crippen molar-refractivity contribution < 1.29 is 13.2 Å². The molecule has 5 aliphatic rings. The minimum absolute atomic E-state index is 0.145. The molecule has 29 heavy (non-hydrogen) atoms. The van der Waals surface area contributed by atoms with E-state index in [9.17, 15) is 13.2 Å². The summed E-state index contributed by atoms with van der Waals surface area (Å²) >= 11 is 0. The number of amides is 1. The van der Waals surface area contributed by atoms with E-state index in [1.165, 1.54) is 40.7 Å². The third-order valence-corrected chi connectivity index (χ3v) is 9.10. The molecule has 0 atom stereocenters. The number of benzene rings is 1. The Labute approximate surface area is 173 Å². The second-order valence-corrected chi connectivity index (χ2v) is 11.2. The zero-order chi connectivity index (χ0) is 20.2. The molecule has 4 aliphatic carbocycles. The number of hydrogen-bond acceptors (Lipinski definition) is 3. The summed E-state index contributed by atoms with van der Waals surface area (Å²) in [5, 5.41) is 3.22. The molecule has 0 radical (unpaired) electrons. The fourth-order valence-corrected chi connectivity index (χ4v) is 7.95. The fourth-order valence-electron chi connectivity index (χ4n) is 6.31. The molecule has 1 amide bonds. The lowest BCUT2D eigenvalue weighted by Gasteiger charge is -2.54. The molecule has 6 rings (SSSR count). The molecule has 1 aliphatic heterocycles. The highest BCUT2D eigenvalue weighted by molar-refractivity contribution is 7.90. The Hall–Kier alpha value is -1.86. The van der Waals surface area contributed by atoms with Crippen molar-refractivity contribution in [2.75, 3.05) is 23.9 Å². The lowest BCUT2D eigenvalue weighted by Crippen LogP contribution is -2.58. The number of carbonyl (C=O) groups excluding carboxylic acids is 1. The molecule has 4 saturated carbocycles. The molecule has 0 aromatic heterocycles. The SMILES string of the molecule is C=C1CN(CC(=O)NC2C3CC4CC(C3)CC2C4)S(=O)(=O)N(c2ccccc2)C1. The van der Waals surface area contributed by atoms with E-state index >= 15 is 0 Å². The number of anilines is 1. The second-order valence-electron chi connectivity index (χ2n) is 9.39. The Morgan fingerprint density at radius 1 is 1.00 bits per heavy atom. The summed E-state index contributed by atoms with van der Waals surface area (Å²) in [6.45, 7) is 4.31. The van der Waals surface area contributed by atoms with Gasteiger partial charge in [-0.15, -0.1) is 0 Å². The Kier molecular flexibility index (Phi) is 4.70. The monoisotopic (exact) mass is 415 g/mol. The van der Waals surface area contributed by atoms with Crippen LogP contribution in [0.2, 0.25) is 0 Å². The zero-order valence-corrected chi connectivity index (χ0v) is 17.5. The van der Waals surface area contributed by atoms with E-state index in [-0.39, 0.29) is 31.6 Å². The number of nitrogens with one attached hydrogen (secondary N) is 1. The average Bonchev–Trinajstić information content (AvgIpc) is 2.67. The molecular formula is C22H29N3O3S. The molecule has 156 valence electrons. The normalized spacial score (nSPS) is 35.7. The van der Waals surface area contributed by atoms with Gasteiger partial charge in [0.2, 0.25) is 5.91 Å². The quantitative estimate of drug-likeness (QED) is 0.769. The molecule has 7 heteroatoms. The topological polar surface area (TPSA) is 69.7 Å². The number of nitrogens with zero attached hydrogens (tertiary/aromatic N) is 2. The lowest BCUT2D eigenvalue weighted by molar-refractivity contribution is -0.125. The van der Waals surface area contributed by atoms with Gasteiger partial charge in [0, 0.05) is 12.6 Å². The van der Waals surface area contributed by atoms with Crippen molar-refractivity contribution in [3.05, 3.63) is 42.5 Å². The van der Waals surface area contributed by atoms with Crippen LogP contribution in [0.1, 0.15) is 32.1 Å². The molecule has 5 fully saturated rings. The second kappa shape index (κ2) is 7.13. The van der Waals surface area contributed by atoms with Gasteiger partial charge in [-0.25, -0.2) is 0 Å². The summed E-state index contributed by atoms with van der Waals surface area (Å²) in [6, 6.07) is 9.23. The molecule has 1 N–H and O–H groups in total. The summed E-state index contributed by atoms with van der Waals surface area (Å²) in [5.41, 5.74) is 1.38. The zero-order valence-electron chi connectivity index (χ0n) is 16.7. The average molecular weight is 416 g/mol. The van der Waals surface area contributed by atoms with E-state index < -0.39 is 10.2 Å². The van der Waals surface area contributed by atoms with Crippen molar-refractivity contribution in [2.45, 2.75) is 38.1 Å². The third-order valence-electron chi connectivity index (χ3n) is 7.29. The summed E-state index contributed by atoms with van der Waals surface area (Å²) in [5.74, 6) is 2.65. The summed E-state index contributed by atoms with van der Waals surface area (Å²) < 4.78 is 28.9. The van der Waals surface area contributed by atoms with Crippen molar-refractivity contribution in [3.8, 4) is 0 Å². The van der Waals surface area contributed by atoms with Crippen LogP contribution in [-0.2, 0) is 15.0 Å². The maximum absolute atomic E-state index is 13.2. The van der Waals surface area contributed by atoms with Crippen molar-refractivity contribution in [1.29, 1.82) is 0 Å².